The number of hydrogen-bond donors (Lipinski definition) is 1. The van der Waals surface area contributed by atoms with Crippen LogP contribution in [0, 0.1) is 0 Å². The van der Waals surface area contributed by atoms with Gasteiger partial charge in [-0.25, -0.2) is 0 Å². The van der Waals surface area contributed by atoms with Crippen molar-refractivity contribution >= 4 is 11.8 Å². The standard InChI is InChI=1S/C13H26N2S/c1-11(2)15(13-5-6-13)8-7-14-12-4-3-9-16-10-12/h11-14H,3-10H2,1-2H3. The molecule has 2 fully saturated rings. The molecule has 94 valence electrons. The van der Waals surface area contributed by atoms with Crippen molar-refractivity contribution < 1.29 is 0 Å². The third kappa shape index (κ3) is 3.94. The van der Waals surface area contributed by atoms with Crippen molar-refractivity contribution in [2.45, 2.75) is 57.7 Å². The monoisotopic (exact) mass is 242 g/mol. The van der Waals surface area contributed by atoms with Gasteiger partial charge in [0.1, 0.15) is 0 Å². The zero-order valence-corrected chi connectivity index (χ0v) is 11.6. The van der Waals surface area contributed by atoms with Crippen LogP contribution in [0.1, 0.15) is 39.5 Å². The quantitative estimate of drug-likeness (QED) is 0.770. The Labute approximate surface area is 105 Å². The van der Waals surface area contributed by atoms with Gasteiger partial charge in [0.25, 0.3) is 0 Å². The first-order valence-corrected chi connectivity index (χ1v) is 7.99. The van der Waals surface area contributed by atoms with Crippen molar-refractivity contribution in [3.63, 3.8) is 0 Å². The summed E-state index contributed by atoms with van der Waals surface area (Å²) in [6.07, 6.45) is 5.64. The first-order valence-electron chi connectivity index (χ1n) is 6.84. The van der Waals surface area contributed by atoms with Crippen molar-refractivity contribution in [1.29, 1.82) is 0 Å². The van der Waals surface area contributed by atoms with E-state index in [9.17, 15) is 0 Å². The van der Waals surface area contributed by atoms with Gasteiger partial charge in [0, 0.05) is 37.0 Å². The van der Waals surface area contributed by atoms with E-state index in [1.165, 1.54) is 50.3 Å². The third-order valence-electron chi connectivity index (χ3n) is 3.64. The fourth-order valence-corrected chi connectivity index (χ4v) is 3.67. The average molecular weight is 242 g/mol. The van der Waals surface area contributed by atoms with E-state index in [4.69, 9.17) is 0 Å². The SMILES string of the molecule is CC(C)N(CCNC1CCCSC1)C1CC1. The molecule has 16 heavy (non-hydrogen) atoms. The van der Waals surface area contributed by atoms with Gasteiger partial charge in [0.05, 0.1) is 0 Å². The molecule has 0 radical (unpaired) electrons. The van der Waals surface area contributed by atoms with Gasteiger partial charge in [-0.05, 0) is 45.3 Å². The Morgan fingerprint density at radius 3 is 2.69 bits per heavy atom. The number of hydrogen-bond acceptors (Lipinski definition) is 3. The van der Waals surface area contributed by atoms with Crippen LogP contribution >= 0.6 is 11.8 Å². The summed E-state index contributed by atoms with van der Waals surface area (Å²) < 4.78 is 0. The van der Waals surface area contributed by atoms with E-state index < -0.39 is 0 Å². The Kier molecular flexibility index (Phi) is 4.98. The van der Waals surface area contributed by atoms with Gasteiger partial charge >= 0.3 is 0 Å². The van der Waals surface area contributed by atoms with Crippen molar-refractivity contribution in [2.24, 2.45) is 0 Å². The zero-order valence-electron chi connectivity index (χ0n) is 10.7. The lowest BCUT2D eigenvalue weighted by atomic mass is 10.2. The lowest BCUT2D eigenvalue weighted by molar-refractivity contribution is 0.209. The highest BCUT2D eigenvalue weighted by atomic mass is 32.2. The van der Waals surface area contributed by atoms with Gasteiger partial charge < -0.3 is 5.32 Å². The summed E-state index contributed by atoms with van der Waals surface area (Å²) in [6.45, 7) is 7.08. The van der Waals surface area contributed by atoms with Crippen LogP contribution in [0.25, 0.3) is 0 Å². The molecule has 1 aliphatic heterocycles. The summed E-state index contributed by atoms with van der Waals surface area (Å²) in [5.74, 6) is 2.70. The molecular formula is C13H26N2S. The fraction of sp³-hybridized carbons (Fsp3) is 1.00. The molecule has 0 spiro atoms. The van der Waals surface area contributed by atoms with Crippen LogP contribution in [-0.2, 0) is 0 Å². The summed E-state index contributed by atoms with van der Waals surface area (Å²) in [4.78, 5) is 2.67. The molecule has 0 aromatic rings. The molecule has 1 heterocycles. The maximum Gasteiger partial charge on any atom is 0.0159 e. The first kappa shape index (κ1) is 12.7. The van der Waals surface area contributed by atoms with Crippen molar-refractivity contribution in [3.05, 3.63) is 0 Å². The Morgan fingerprint density at radius 1 is 1.31 bits per heavy atom. The summed E-state index contributed by atoms with van der Waals surface area (Å²) in [5.41, 5.74) is 0. The number of nitrogens with zero attached hydrogens (tertiary/aromatic N) is 1. The van der Waals surface area contributed by atoms with Crippen molar-refractivity contribution in [1.82, 2.24) is 10.2 Å². The molecule has 1 aliphatic carbocycles. The topological polar surface area (TPSA) is 15.3 Å². The minimum Gasteiger partial charge on any atom is -0.312 e. The van der Waals surface area contributed by atoms with E-state index in [0.29, 0.717) is 0 Å². The van der Waals surface area contributed by atoms with Crippen LogP contribution in [0.15, 0.2) is 0 Å². The zero-order chi connectivity index (χ0) is 11.4. The van der Waals surface area contributed by atoms with Crippen molar-refractivity contribution in [3.8, 4) is 0 Å². The average Bonchev–Trinajstić information content (AvgIpc) is 3.09. The Balaban J connectivity index is 1.61. The minimum atomic E-state index is 0.718. The van der Waals surface area contributed by atoms with Crippen LogP contribution in [-0.4, -0.2) is 47.6 Å². The van der Waals surface area contributed by atoms with E-state index in [2.05, 4.69) is 35.8 Å². The highest BCUT2D eigenvalue weighted by Crippen LogP contribution is 2.28. The molecule has 0 bridgehead atoms. The minimum absolute atomic E-state index is 0.718. The smallest absolute Gasteiger partial charge is 0.0159 e. The second-order valence-electron chi connectivity index (χ2n) is 5.43. The molecule has 0 amide bonds. The van der Waals surface area contributed by atoms with Gasteiger partial charge in [-0.15, -0.1) is 0 Å². The molecule has 0 aromatic heterocycles. The van der Waals surface area contributed by atoms with Gasteiger partial charge in [-0.1, -0.05) is 0 Å². The lowest BCUT2D eigenvalue weighted by Crippen LogP contribution is -2.42. The third-order valence-corrected chi connectivity index (χ3v) is 4.86. The summed E-state index contributed by atoms with van der Waals surface area (Å²) in [6, 6.07) is 2.41. The molecule has 2 aliphatic rings. The van der Waals surface area contributed by atoms with E-state index in [-0.39, 0.29) is 0 Å². The second-order valence-corrected chi connectivity index (χ2v) is 6.58. The lowest BCUT2D eigenvalue weighted by Gasteiger charge is -2.28. The van der Waals surface area contributed by atoms with Crippen LogP contribution in [0.3, 0.4) is 0 Å². The molecule has 2 nitrogen and oxygen atoms in total. The Hall–Kier alpha value is 0.270. The second kappa shape index (κ2) is 6.27. The van der Waals surface area contributed by atoms with Crippen LogP contribution < -0.4 is 5.32 Å². The Morgan fingerprint density at radius 2 is 2.12 bits per heavy atom. The number of rotatable bonds is 6. The maximum absolute atomic E-state index is 3.73. The normalized spacial score (nSPS) is 26.6. The highest BCUT2D eigenvalue weighted by Gasteiger charge is 2.30. The van der Waals surface area contributed by atoms with E-state index in [1.54, 1.807) is 0 Å². The number of nitrogens with one attached hydrogen (secondary N) is 1. The number of thioether (sulfide) groups is 1. The summed E-state index contributed by atoms with van der Waals surface area (Å²) >= 11 is 2.11. The van der Waals surface area contributed by atoms with E-state index >= 15 is 0 Å². The predicted molar refractivity (Wildman–Crippen MR) is 73.2 cm³/mol. The van der Waals surface area contributed by atoms with Gasteiger partial charge in [0.15, 0.2) is 0 Å². The summed E-state index contributed by atoms with van der Waals surface area (Å²) in [7, 11) is 0. The van der Waals surface area contributed by atoms with Gasteiger partial charge in [0.2, 0.25) is 0 Å². The molecule has 0 aromatic carbocycles. The van der Waals surface area contributed by atoms with Crippen LogP contribution in [0.2, 0.25) is 0 Å². The molecule has 1 N–H and O–H groups in total. The van der Waals surface area contributed by atoms with Crippen LogP contribution in [0.5, 0.6) is 0 Å². The molecule has 1 atom stereocenters. The van der Waals surface area contributed by atoms with Gasteiger partial charge in [-0.3, -0.25) is 4.90 Å². The fourth-order valence-electron chi connectivity index (χ4n) is 2.57. The molecule has 1 unspecified atom stereocenters. The maximum atomic E-state index is 3.73. The largest absolute Gasteiger partial charge is 0.312 e. The Bertz CT molecular complexity index is 196. The first-order chi connectivity index (χ1) is 7.77. The van der Waals surface area contributed by atoms with E-state index in [1.807, 2.05) is 0 Å². The van der Waals surface area contributed by atoms with Gasteiger partial charge in [-0.2, -0.15) is 11.8 Å². The highest BCUT2D eigenvalue weighted by molar-refractivity contribution is 7.99. The van der Waals surface area contributed by atoms with Crippen molar-refractivity contribution in [2.75, 3.05) is 24.6 Å². The molecule has 2 rings (SSSR count). The molecule has 1 saturated heterocycles. The molecule has 1 saturated carbocycles. The van der Waals surface area contributed by atoms with E-state index in [0.717, 1.165) is 18.1 Å². The molecule has 3 heteroatoms. The van der Waals surface area contributed by atoms with Crippen LogP contribution in [0.4, 0.5) is 0 Å². The molecular weight excluding hydrogens is 216 g/mol. The predicted octanol–water partition coefficient (Wildman–Crippen LogP) is 2.34. The summed E-state index contributed by atoms with van der Waals surface area (Å²) in [5, 5.41) is 3.73.